The van der Waals surface area contributed by atoms with Gasteiger partial charge in [-0.2, -0.15) is 13.2 Å². The van der Waals surface area contributed by atoms with Crippen LogP contribution in [0.4, 0.5) is 13.2 Å². The summed E-state index contributed by atoms with van der Waals surface area (Å²) >= 11 is 0. The Labute approximate surface area is 132 Å². The van der Waals surface area contributed by atoms with E-state index in [2.05, 4.69) is 13.2 Å². The Morgan fingerprint density at radius 3 is 1.95 bits per heavy atom. The van der Waals surface area contributed by atoms with Crippen molar-refractivity contribution in [1.29, 1.82) is 0 Å². The Balaban J connectivity index is 5.81. The first-order chi connectivity index (χ1) is 10.1. The summed E-state index contributed by atoms with van der Waals surface area (Å²) in [6, 6.07) is 0. The maximum absolute atomic E-state index is 12.9. The molecule has 1 atom stereocenters. The third kappa shape index (κ3) is 4.89. The summed E-state index contributed by atoms with van der Waals surface area (Å²) in [7, 11) is 0. The SMILES string of the molecule is C=CC(=C)C(CCC)(CCC)N(CC(C)C(F)(F)F)C(C)=O. The fourth-order valence-corrected chi connectivity index (χ4v) is 2.89. The highest BCUT2D eigenvalue weighted by molar-refractivity contribution is 5.75. The maximum Gasteiger partial charge on any atom is 0.393 e. The summed E-state index contributed by atoms with van der Waals surface area (Å²) in [5.74, 6) is -1.94. The highest BCUT2D eigenvalue weighted by Gasteiger charge is 2.44. The number of carbonyl (C=O) groups excluding carboxylic acids is 1. The van der Waals surface area contributed by atoms with Crippen molar-refractivity contribution < 1.29 is 18.0 Å². The van der Waals surface area contributed by atoms with E-state index >= 15 is 0 Å². The van der Waals surface area contributed by atoms with Crippen LogP contribution in [-0.4, -0.2) is 29.1 Å². The number of hydrogen-bond acceptors (Lipinski definition) is 1. The minimum atomic E-state index is -4.33. The summed E-state index contributed by atoms with van der Waals surface area (Å²) in [6.45, 7) is 13.6. The van der Waals surface area contributed by atoms with Gasteiger partial charge in [0.25, 0.3) is 0 Å². The summed E-state index contributed by atoms with van der Waals surface area (Å²) in [5.41, 5.74) is -0.169. The van der Waals surface area contributed by atoms with Crippen molar-refractivity contribution in [3.8, 4) is 0 Å². The van der Waals surface area contributed by atoms with Crippen LogP contribution in [0.1, 0.15) is 53.4 Å². The summed E-state index contributed by atoms with van der Waals surface area (Å²) in [6.07, 6.45) is -0.118. The predicted octanol–water partition coefficient (Wildman–Crippen LogP) is 5.11. The fourth-order valence-electron chi connectivity index (χ4n) is 2.89. The van der Waals surface area contributed by atoms with Crippen LogP contribution in [0.5, 0.6) is 0 Å². The summed E-state index contributed by atoms with van der Waals surface area (Å²) < 4.78 is 38.8. The van der Waals surface area contributed by atoms with Crippen LogP contribution in [0.2, 0.25) is 0 Å². The Kier molecular flexibility index (Phi) is 7.91. The largest absolute Gasteiger partial charge is 0.393 e. The molecule has 0 aliphatic heterocycles. The van der Waals surface area contributed by atoms with Gasteiger partial charge in [-0.05, 0) is 18.4 Å². The zero-order valence-electron chi connectivity index (χ0n) is 14.1. The van der Waals surface area contributed by atoms with Crippen molar-refractivity contribution in [2.75, 3.05) is 6.54 Å². The number of alkyl halides is 3. The maximum atomic E-state index is 12.9. The molecule has 0 saturated carbocycles. The Morgan fingerprint density at radius 1 is 1.23 bits per heavy atom. The lowest BCUT2D eigenvalue weighted by atomic mass is 9.79. The topological polar surface area (TPSA) is 20.3 Å². The third-order valence-corrected chi connectivity index (χ3v) is 4.08. The second-order valence-corrected chi connectivity index (χ2v) is 5.83. The van der Waals surface area contributed by atoms with E-state index in [1.807, 2.05) is 13.8 Å². The van der Waals surface area contributed by atoms with Gasteiger partial charge in [0.1, 0.15) is 0 Å². The number of amides is 1. The second-order valence-electron chi connectivity index (χ2n) is 5.83. The van der Waals surface area contributed by atoms with E-state index < -0.39 is 17.6 Å². The number of halogens is 3. The van der Waals surface area contributed by atoms with Crippen molar-refractivity contribution in [2.45, 2.75) is 65.1 Å². The van der Waals surface area contributed by atoms with Gasteiger partial charge in [0.2, 0.25) is 5.91 Å². The van der Waals surface area contributed by atoms with Crippen molar-refractivity contribution >= 4 is 5.91 Å². The van der Waals surface area contributed by atoms with Crippen LogP contribution in [0.25, 0.3) is 0 Å². The lowest BCUT2D eigenvalue weighted by Crippen LogP contribution is -2.54. The van der Waals surface area contributed by atoms with Crippen molar-refractivity contribution in [2.24, 2.45) is 5.92 Å². The molecule has 0 bridgehead atoms. The van der Waals surface area contributed by atoms with Gasteiger partial charge >= 0.3 is 6.18 Å². The van der Waals surface area contributed by atoms with Crippen LogP contribution < -0.4 is 0 Å². The van der Waals surface area contributed by atoms with Gasteiger partial charge in [-0.25, -0.2) is 0 Å². The molecule has 0 fully saturated rings. The molecule has 0 saturated heterocycles. The van der Waals surface area contributed by atoms with Gasteiger partial charge in [0, 0.05) is 13.5 Å². The molecule has 0 N–H and O–H groups in total. The van der Waals surface area contributed by atoms with E-state index in [1.54, 1.807) is 6.08 Å². The Morgan fingerprint density at radius 2 is 1.68 bits per heavy atom. The zero-order chi connectivity index (χ0) is 17.6. The average molecular weight is 319 g/mol. The number of carbonyl (C=O) groups is 1. The molecule has 0 aliphatic carbocycles. The lowest BCUT2D eigenvalue weighted by molar-refractivity contribution is -0.179. The molecule has 0 aliphatic rings. The van der Waals surface area contributed by atoms with Crippen molar-refractivity contribution in [3.63, 3.8) is 0 Å². The zero-order valence-corrected chi connectivity index (χ0v) is 14.1. The number of nitrogens with zero attached hydrogens (tertiary/aromatic N) is 1. The Hall–Kier alpha value is -1.26. The highest BCUT2D eigenvalue weighted by Crippen LogP contribution is 2.37. The molecule has 5 heteroatoms. The molecule has 128 valence electrons. The smallest absolute Gasteiger partial charge is 0.333 e. The molecule has 1 amide bonds. The van der Waals surface area contributed by atoms with Gasteiger partial charge in [-0.3, -0.25) is 4.79 Å². The molecule has 0 aromatic heterocycles. The average Bonchev–Trinajstić information content (AvgIpc) is 2.41. The molecule has 0 spiro atoms. The molecule has 0 aromatic rings. The van der Waals surface area contributed by atoms with Crippen LogP contribution >= 0.6 is 0 Å². The van der Waals surface area contributed by atoms with E-state index in [-0.39, 0.29) is 12.5 Å². The molecule has 0 heterocycles. The standard InChI is InChI=1S/C17H28F3NO/c1-7-10-16(11-8-2,13(4)9-3)21(15(6)22)12-14(5)17(18,19)20/h9,14H,3-4,7-8,10-12H2,1-2,5-6H3. The molecule has 0 rings (SSSR count). The fraction of sp³-hybridized carbons (Fsp3) is 0.706. The lowest BCUT2D eigenvalue weighted by Gasteiger charge is -2.46. The second kappa shape index (κ2) is 8.39. The minimum absolute atomic E-state index is 0.355. The first-order valence-electron chi connectivity index (χ1n) is 7.73. The first-order valence-corrected chi connectivity index (χ1v) is 7.73. The van der Waals surface area contributed by atoms with Gasteiger partial charge < -0.3 is 4.90 Å². The molecular formula is C17H28F3NO. The summed E-state index contributed by atoms with van der Waals surface area (Å²) in [5, 5.41) is 0. The van der Waals surface area contributed by atoms with Crippen LogP contribution in [0.15, 0.2) is 24.8 Å². The molecular weight excluding hydrogens is 291 g/mol. The van der Waals surface area contributed by atoms with Gasteiger partial charge in [0.05, 0.1) is 11.5 Å². The first kappa shape index (κ1) is 20.7. The van der Waals surface area contributed by atoms with Crippen LogP contribution in [0, 0.1) is 5.92 Å². The quantitative estimate of drug-likeness (QED) is 0.540. The highest BCUT2D eigenvalue weighted by atomic mass is 19.4. The van der Waals surface area contributed by atoms with Crippen LogP contribution in [-0.2, 0) is 4.79 Å². The normalized spacial score (nSPS) is 13.6. The third-order valence-electron chi connectivity index (χ3n) is 4.08. The minimum Gasteiger partial charge on any atom is -0.333 e. The van der Waals surface area contributed by atoms with Crippen LogP contribution in [0.3, 0.4) is 0 Å². The molecule has 1 unspecified atom stereocenters. The van der Waals surface area contributed by atoms with Gasteiger partial charge in [-0.15, -0.1) is 0 Å². The van der Waals surface area contributed by atoms with E-state index in [0.29, 0.717) is 18.4 Å². The van der Waals surface area contributed by atoms with E-state index in [0.717, 1.165) is 19.8 Å². The summed E-state index contributed by atoms with van der Waals surface area (Å²) in [4.78, 5) is 13.5. The van der Waals surface area contributed by atoms with Gasteiger partial charge in [-0.1, -0.05) is 52.8 Å². The van der Waals surface area contributed by atoms with E-state index in [1.165, 1.54) is 11.8 Å². The monoisotopic (exact) mass is 319 g/mol. The molecule has 0 radical (unpaired) electrons. The number of hydrogen-bond donors (Lipinski definition) is 0. The van der Waals surface area contributed by atoms with E-state index in [9.17, 15) is 18.0 Å². The van der Waals surface area contributed by atoms with E-state index in [4.69, 9.17) is 0 Å². The molecule has 0 aromatic carbocycles. The van der Waals surface area contributed by atoms with Crippen molar-refractivity contribution in [1.82, 2.24) is 4.90 Å². The molecule has 22 heavy (non-hydrogen) atoms. The van der Waals surface area contributed by atoms with Crippen molar-refractivity contribution in [3.05, 3.63) is 24.8 Å². The van der Waals surface area contributed by atoms with Gasteiger partial charge in [0.15, 0.2) is 0 Å². The number of rotatable bonds is 9. The predicted molar refractivity (Wildman–Crippen MR) is 84.5 cm³/mol. The molecule has 2 nitrogen and oxygen atoms in total. The Bertz CT molecular complexity index is 395.